The van der Waals surface area contributed by atoms with Crippen molar-refractivity contribution in [2.45, 2.75) is 4.90 Å². The van der Waals surface area contributed by atoms with Crippen molar-refractivity contribution in [2.24, 2.45) is 0 Å². The maximum atomic E-state index is 12.7. The summed E-state index contributed by atoms with van der Waals surface area (Å²) in [6.45, 7) is 0. The van der Waals surface area contributed by atoms with Gasteiger partial charge in [0.05, 0.1) is 10.4 Å². The van der Waals surface area contributed by atoms with Crippen LogP contribution in [0.4, 0.5) is 0 Å². The largest absolute Gasteiger partial charge is 0.298 e. The Labute approximate surface area is 135 Å². The van der Waals surface area contributed by atoms with Gasteiger partial charge in [0, 0.05) is 20.7 Å². The van der Waals surface area contributed by atoms with E-state index in [1.165, 1.54) is 22.3 Å². The molecule has 21 heavy (non-hydrogen) atoms. The van der Waals surface area contributed by atoms with Crippen molar-refractivity contribution in [3.05, 3.63) is 63.9 Å². The van der Waals surface area contributed by atoms with Crippen molar-refractivity contribution in [3.63, 3.8) is 0 Å². The molecule has 0 N–H and O–H groups in total. The highest BCUT2D eigenvalue weighted by molar-refractivity contribution is 14.1. The molecule has 2 aromatic carbocycles. The van der Waals surface area contributed by atoms with Crippen molar-refractivity contribution in [1.82, 2.24) is 3.97 Å². The lowest BCUT2D eigenvalue weighted by Crippen LogP contribution is -2.11. The van der Waals surface area contributed by atoms with Crippen LogP contribution in [0.1, 0.15) is 10.4 Å². The predicted molar refractivity (Wildman–Crippen MR) is 89.1 cm³/mol. The van der Waals surface area contributed by atoms with Crippen molar-refractivity contribution in [1.29, 1.82) is 0 Å². The number of rotatable bonds is 3. The Kier molecular flexibility index (Phi) is 3.58. The first kappa shape index (κ1) is 14.3. The predicted octanol–water partition coefficient (Wildman–Crippen LogP) is 3.30. The Bertz CT molecular complexity index is 930. The molecule has 4 nitrogen and oxygen atoms in total. The molecule has 0 amide bonds. The van der Waals surface area contributed by atoms with E-state index in [0.717, 1.165) is 3.57 Å². The highest BCUT2D eigenvalue weighted by atomic mass is 127. The van der Waals surface area contributed by atoms with Crippen molar-refractivity contribution < 1.29 is 13.2 Å². The molecule has 1 aromatic heterocycles. The Morgan fingerprint density at radius 1 is 1.00 bits per heavy atom. The quantitative estimate of drug-likeness (QED) is 0.491. The van der Waals surface area contributed by atoms with E-state index in [1.807, 2.05) is 6.07 Å². The van der Waals surface area contributed by atoms with E-state index in [-0.39, 0.29) is 4.90 Å². The van der Waals surface area contributed by atoms with E-state index < -0.39 is 10.0 Å². The smallest absolute Gasteiger partial charge is 0.268 e. The lowest BCUT2D eigenvalue weighted by atomic mass is 10.2. The van der Waals surface area contributed by atoms with Crippen LogP contribution in [0.3, 0.4) is 0 Å². The fourth-order valence-corrected chi connectivity index (χ4v) is 4.42. The molecule has 3 rings (SSSR count). The van der Waals surface area contributed by atoms with E-state index >= 15 is 0 Å². The minimum Gasteiger partial charge on any atom is -0.298 e. The molecular formula is C15H10INO3S. The average molecular weight is 411 g/mol. The Hall–Kier alpha value is -1.67. The summed E-state index contributed by atoms with van der Waals surface area (Å²) in [6, 6.07) is 13.5. The van der Waals surface area contributed by atoms with Crippen molar-refractivity contribution in [2.75, 3.05) is 0 Å². The summed E-state index contributed by atoms with van der Waals surface area (Å²) in [5.41, 5.74) is 0.877. The van der Waals surface area contributed by atoms with Gasteiger partial charge >= 0.3 is 0 Å². The third-order valence-corrected chi connectivity index (χ3v) is 5.79. The molecule has 0 fully saturated rings. The molecule has 0 spiro atoms. The van der Waals surface area contributed by atoms with Crippen LogP contribution in [0.25, 0.3) is 10.9 Å². The molecule has 1 heterocycles. The summed E-state index contributed by atoms with van der Waals surface area (Å²) in [4.78, 5) is 11.4. The third kappa shape index (κ3) is 2.28. The van der Waals surface area contributed by atoms with Crippen LogP contribution in [0.2, 0.25) is 0 Å². The highest BCUT2D eigenvalue weighted by Gasteiger charge is 2.21. The van der Waals surface area contributed by atoms with Gasteiger partial charge in [-0.25, -0.2) is 12.4 Å². The normalized spacial score (nSPS) is 11.7. The van der Waals surface area contributed by atoms with Gasteiger partial charge in [-0.3, -0.25) is 4.79 Å². The maximum Gasteiger partial charge on any atom is 0.268 e. The number of halogens is 1. The highest BCUT2D eigenvalue weighted by Crippen LogP contribution is 2.28. The van der Waals surface area contributed by atoms with Gasteiger partial charge in [0.15, 0.2) is 6.29 Å². The second-order valence-corrected chi connectivity index (χ2v) is 7.43. The zero-order chi connectivity index (χ0) is 15.0. The van der Waals surface area contributed by atoms with Crippen LogP contribution < -0.4 is 0 Å². The molecule has 0 aliphatic heterocycles. The molecular weight excluding hydrogens is 401 g/mol. The number of carbonyl (C=O) groups is 1. The first-order valence-corrected chi connectivity index (χ1v) is 8.63. The van der Waals surface area contributed by atoms with Crippen molar-refractivity contribution >= 4 is 49.8 Å². The van der Waals surface area contributed by atoms with Crippen LogP contribution in [0.5, 0.6) is 0 Å². The summed E-state index contributed by atoms with van der Waals surface area (Å²) in [7, 11) is -3.72. The molecule has 0 saturated carbocycles. The van der Waals surface area contributed by atoms with Gasteiger partial charge in [-0.2, -0.15) is 0 Å². The van der Waals surface area contributed by atoms with E-state index in [1.54, 1.807) is 30.3 Å². The fourth-order valence-electron chi connectivity index (χ4n) is 2.24. The Balaban J connectivity index is 2.37. The van der Waals surface area contributed by atoms with E-state index in [4.69, 9.17) is 0 Å². The molecule has 0 aliphatic rings. The van der Waals surface area contributed by atoms with E-state index in [9.17, 15) is 13.2 Å². The SMILES string of the molecule is O=Cc1cn(S(=O)(=O)c2ccccc2)c2cccc(I)c12. The van der Waals surface area contributed by atoms with E-state index in [0.29, 0.717) is 22.8 Å². The summed E-state index contributed by atoms with van der Waals surface area (Å²) >= 11 is 2.10. The molecule has 0 atom stereocenters. The van der Waals surface area contributed by atoms with Crippen LogP contribution >= 0.6 is 22.6 Å². The number of hydrogen-bond acceptors (Lipinski definition) is 3. The van der Waals surface area contributed by atoms with Crippen LogP contribution in [0.15, 0.2) is 59.6 Å². The summed E-state index contributed by atoms with van der Waals surface area (Å²) < 4.78 is 27.5. The lowest BCUT2D eigenvalue weighted by molar-refractivity contribution is 0.112. The molecule has 106 valence electrons. The molecule has 3 aromatic rings. The topological polar surface area (TPSA) is 56.1 Å². The standard InChI is InChI=1S/C15H10INO3S/c16-13-7-4-8-14-15(13)11(10-18)9-17(14)21(19,20)12-5-2-1-3-6-12/h1-10H. The number of hydrogen-bond donors (Lipinski definition) is 0. The minimum absolute atomic E-state index is 0.193. The van der Waals surface area contributed by atoms with Crippen LogP contribution in [0, 0.1) is 3.57 Å². The molecule has 0 radical (unpaired) electrons. The van der Waals surface area contributed by atoms with Crippen LogP contribution in [-0.2, 0) is 10.0 Å². The molecule has 6 heteroatoms. The van der Waals surface area contributed by atoms with Gasteiger partial charge < -0.3 is 0 Å². The Morgan fingerprint density at radius 3 is 2.38 bits per heavy atom. The molecule has 0 bridgehead atoms. The van der Waals surface area contributed by atoms with Gasteiger partial charge in [0.25, 0.3) is 10.0 Å². The summed E-state index contributed by atoms with van der Waals surface area (Å²) in [6.07, 6.45) is 2.06. The zero-order valence-corrected chi connectivity index (χ0v) is 13.7. The zero-order valence-electron chi connectivity index (χ0n) is 10.7. The summed E-state index contributed by atoms with van der Waals surface area (Å²) in [5, 5.41) is 0.660. The number of aromatic nitrogens is 1. The lowest BCUT2D eigenvalue weighted by Gasteiger charge is -2.07. The molecule has 0 unspecified atom stereocenters. The van der Waals surface area contributed by atoms with Gasteiger partial charge in [0.2, 0.25) is 0 Å². The van der Waals surface area contributed by atoms with Crippen LogP contribution in [-0.4, -0.2) is 18.7 Å². The fraction of sp³-hybridized carbons (Fsp3) is 0. The average Bonchev–Trinajstić information content (AvgIpc) is 2.89. The maximum absolute atomic E-state index is 12.7. The Morgan fingerprint density at radius 2 is 1.71 bits per heavy atom. The first-order chi connectivity index (χ1) is 10.1. The summed E-state index contributed by atoms with van der Waals surface area (Å²) in [5.74, 6) is 0. The monoisotopic (exact) mass is 411 g/mol. The number of carbonyl (C=O) groups excluding carboxylic acids is 1. The second-order valence-electron chi connectivity index (χ2n) is 4.45. The van der Waals surface area contributed by atoms with Gasteiger partial charge in [-0.15, -0.1) is 0 Å². The van der Waals surface area contributed by atoms with E-state index in [2.05, 4.69) is 22.6 Å². The third-order valence-electron chi connectivity index (χ3n) is 3.20. The first-order valence-electron chi connectivity index (χ1n) is 6.11. The van der Waals surface area contributed by atoms with Gasteiger partial charge in [0.1, 0.15) is 0 Å². The second kappa shape index (κ2) is 5.27. The minimum atomic E-state index is -3.72. The van der Waals surface area contributed by atoms with Gasteiger partial charge in [-0.1, -0.05) is 24.3 Å². The number of fused-ring (bicyclic) bond motifs is 1. The number of aldehydes is 1. The number of benzene rings is 2. The number of nitrogens with zero attached hydrogens (tertiary/aromatic N) is 1. The molecule has 0 saturated heterocycles. The van der Waals surface area contributed by atoms with Gasteiger partial charge in [-0.05, 0) is 46.9 Å². The molecule has 0 aliphatic carbocycles. The van der Waals surface area contributed by atoms with Crippen molar-refractivity contribution in [3.8, 4) is 0 Å².